The Kier molecular flexibility index (Phi) is 6.99. The Hall–Kier alpha value is -3.35. The molecule has 1 aliphatic carbocycles. The molecule has 5 rings (SSSR count). The van der Waals surface area contributed by atoms with E-state index in [1.54, 1.807) is 24.4 Å². The summed E-state index contributed by atoms with van der Waals surface area (Å²) in [5.41, 5.74) is 1.84. The van der Waals surface area contributed by atoms with E-state index in [1.165, 1.54) is 24.9 Å². The third-order valence-corrected chi connectivity index (χ3v) is 7.40. The molecule has 2 aliphatic rings. The maximum Gasteiger partial charge on any atom is 0.235 e. The number of hydrogen-bond acceptors (Lipinski definition) is 9. The van der Waals surface area contributed by atoms with Crippen LogP contribution in [0.2, 0.25) is 0 Å². The summed E-state index contributed by atoms with van der Waals surface area (Å²) in [6, 6.07) is 6.20. The standard InChI is InChI=1S/C24H25FN6O4S/c1-35-21-5-4-15-22(31-21)16(6-7-26-15)29-24(34)12-2-3-14(18(32)8-12)27-10-17-13(25)9-19-23(28-17)30-20(33)11-36-19/h4-7,9,12,14,18,27,32H,2-3,8,10-11H2,1H3,(H,26,29,34)(H,28,30,33)/t12-,14?,18-/m0/s1. The minimum Gasteiger partial charge on any atom is -0.481 e. The fraction of sp³-hybridized carbons (Fsp3) is 0.375. The lowest BCUT2D eigenvalue weighted by molar-refractivity contribution is -0.122. The van der Waals surface area contributed by atoms with Gasteiger partial charge in [0.25, 0.3) is 0 Å². The highest BCUT2D eigenvalue weighted by atomic mass is 32.2. The summed E-state index contributed by atoms with van der Waals surface area (Å²) in [5, 5.41) is 19.4. The number of amides is 2. The van der Waals surface area contributed by atoms with Crippen LogP contribution in [-0.2, 0) is 16.1 Å². The van der Waals surface area contributed by atoms with Crippen molar-refractivity contribution in [1.82, 2.24) is 20.3 Å². The van der Waals surface area contributed by atoms with Crippen molar-refractivity contribution in [3.63, 3.8) is 0 Å². The molecule has 0 radical (unpaired) electrons. The summed E-state index contributed by atoms with van der Waals surface area (Å²) in [6.45, 7) is 0.0920. The number of thioether (sulfide) groups is 1. The molecular weight excluding hydrogens is 487 g/mol. The number of anilines is 2. The number of nitrogens with zero attached hydrogens (tertiary/aromatic N) is 3. The quantitative estimate of drug-likeness (QED) is 0.392. The number of carbonyl (C=O) groups excluding carboxylic acids is 2. The number of pyridine rings is 3. The summed E-state index contributed by atoms with van der Waals surface area (Å²) in [6.07, 6.45) is 2.14. The van der Waals surface area contributed by atoms with Crippen LogP contribution in [0, 0.1) is 11.7 Å². The number of aliphatic hydroxyl groups excluding tert-OH is 1. The minimum absolute atomic E-state index is 0.0920. The van der Waals surface area contributed by atoms with Gasteiger partial charge in [-0.05, 0) is 37.5 Å². The van der Waals surface area contributed by atoms with Gasteiger partial charge in [-0.1, -0.05) is 0 Å². The first-order chi connectivity index (χ1) is 17.4. The molecule has 4 heterocycles. The number of fused-ring (bicyclic) bond motifs is 2. The molecule has 2 amide bonds. The van der Waals surface area contributed by atoms with E-state index < -0.39 is 17.8 Å². The van der Waals surface area contributed by atoms with Crippen LogP contribution >= 0.6 is 11.8 Å². The van der Waals surface area contributed by atoms with E-state index in [9.17, 15) is 19.1 Å². The maximum atomic E-state index is 14.5. The van der Waals surface area contributed by atoms with Gasteiger partial charge in [-0.25, -0.2) is 14.4 Å². The van der Waals surface area contributed by atoms with Crippen LogP contribution in [0.4, 0.5) is 15.9 Å². The van der Waals surface area contributed by atoms with Crippen LogP contribution in [0.5, 0.6) is 5.88 Å². The lowest BCUT2D eigenvalue weighted by Gasteiger charge is -2.33. The molecule has 3 aromatic rings. The van der Waals surface area contributed by atoms with Crippen molar-refractivity contribution in [2.24, 2.45) is 5.92 Å². The van der Waals surface area contributed by atoms with Crippen LogP contribution in [-0.4, -0.2) is 56.9 Å². The van der Waals surface area contributed by atoms with Crippen molar-refractivity contribution >= 4 is 46.1 Å². The van der Waals surface area contributed by atoms with Gasteiger partial charge in [-0.2, -0.15) is 0 Å². The van der Waals surface area contributed by atoms with Crippen molar-refractivity contribution in [1.29, 1.82) is 0 Å². The largest absolute Gasteiger partial charge is 0.481 e. The summed E-state index contributed by atoms with van der Waals surface area (Å²) in [7, 11) is 1.52. The zero-order valence-electron chi connectivity index (χ0n) is 19.5. The number of carbonyl (C=O) groups is 2. The van der Waals surface area contributed by atoms with Gasteiger partial charge >= 0.3 is 0 Å². The Morgan fingerprint density at radius 3 is 2.97 bits per heavy atom. The van der Waals surface area contributed by atoms with E-state index in [0.29, 0.717) is 46.2 Å². The Morgan fingerprint density at radius 2 is 2.17 bits per heavy atom. The number of nitrogens with one attached hydrogen (secondary N) is 3. The van der Waals surface area contributed by atoms with Gasteiger partial charge in [0, 0.05) is 30.8 Å². The summed E-state index contributed by atoms with van der Waals surface area (Å²) >= 11 is 1.25. The molecule has 4 N–H and O–H groups in total. The average molecular weight is 513 g/mol. The predicted octanol–water partition coefficient (Wildman–Crippen LogP) is 2.47. The molecule has 1 fully saturated rings. The molecule has 36 heavy (non-hydrogen) atoms. The van der Waals surface area contributed by atoms with Gasteiger partial charge in [0.2, 0.25) is 17.7 Å². The molecule has 1 saturated carbocycles. The Labute approximate surface area is 210 Å². The smallest absolute Gasteiger partial charge is 0.235 e. The highest BCUT2D eigenvalue weighted by Crippen LogP contribution is 2.32. The zero-order valence-corrected chi connectivity index (χ0v) is 20.3. The molecular formula is C24H25FN6O4S. The topological polar surface area (TPSA) is 138 Å². The molecule has 0 bridgehead atoms. The van der Waals surface area contributed by atoms with Crippen LogP contribution in [0.25, 0.3) is 11.0 Å². The Morgan fingerprint density at radius 1 is 1.31 bits per heavy atom. The number of aliphatic hydroxyl groups is 1. The van der Waals surface area contributed by atoms with E-state index in [-0.39, 0.29) is 42.3 Å². The van der Waals surface area contributed by atoms with Crippen LogP contribution in [0.15, 0.2) is 35.4 Å². The third-order valence-electron chi connectivity index (χ3n) is 6.37. The fourth-order valence-corrected chi connectivity index (χ4v) is 5.23. The summed E-state index contributed by atoms with van der Waals surface area (Å²) in [5.74, 6) is -0.242. The van der Waals surface area contributed by atoms with Crippen molar-refractivity contribution in [3.8, 4) is 5.88 Å². The van der Waals surface area contributed by atoms with Gasteiger partial charge in [0.15, 0.2) is 0 Å². The molecule has 12 heteroatoms. The van der Waals surface area contributed by atoms with Crippen LogP contribution in [0.1, 0.15) is 25.0 Å². The Balaban J connectivity index is 1.20. The van der Waals surface area contributed by atoms with Gasteiger partial charge in [-0.15, -0.1) is 11.8 Å². The predicted molar refractivity (Wildman–Crippen MR) is 132 cm³/mol. The number of hydrogen-bond donors (Lipinski definition) is 4. The number of aromatic nitrogens is 3. The molecule has 3 atom stereocenters. The first-order valence-electron chi connectivity index (χ1n) is 11.6. The number of ether oxygens (including phenoxy) is 1. The monoisotopic (exact) mass is 512 g/mol. The van der Waals surface area contributed by atoms with Crippen molar-refractivity contribution in [2.45, 2.75) is 42.8 Å². The van der Waals surface area contributed by atoms with E-state index in [4.69, 9.17) is 4.74 Å². The first-order valence-corrected chi connectivity index (χ1v) is 12.5. The molecule has 188 valence electrons. The second-order valence-electron chi connectivity index (χ2n) is 8.73. The van der Waals surface area contributed by atoms with E-state index >= 15 is 0 Å². The van der Waals surface area contributed by atoms with Gasteiger partial charge in [-0.3, -0.25) is 14.6 Å². The fourth-order valence-electron chi connectivity index (χ4n) is 4.45. The summed E-state index contributed by atoms with van der Waals surface area (Å²) in [4.78, 5) is 38.1. The molecule has 3 aromatic heterocycles. The normalized spacial score (nSPS) is 21.5. The van der Waals surface area contributed by atoms with Crippen molar-refractivity contribution in [2.75, 3.05) is 23.5 Å². The highest BCUT2D eigenvalue weighted by Gasteiger charge is 2.33. The van der Waals surface area contributed by atoms with Gasteiger partial charge < -0.3 is 25.8 Å². The molecule has 0 saturated heterocycles. The lowest BCUT2D eigenvalue weighted by atomic mass is 9.83. The van der Waals surface area contributed by atoms with Crippen LogP contribution < -0.4 is 20.7 Å². The highest BCUT2D eigenvalue weighted by molar-refractivity contribution is 8.00. The molecule has 10 nitrogen and oxygen atoms in total. The Bertz CT molecular complexity index is 1330. The van der Waals surface area contributed by atoms with Crippen LogP contribution in [0.3, 0.4) is 0 Å². The second kappa shape index (κ2) is 10.3. The minimum atomic E-state index is -0.794. The van der Waals surface area contributed by atoms with E-state index in [0.717, 1.165) is 0 Å². The number of rotatable bonds is 6. The molecule has 1 unspecified atom stereocenters. The van der Waals surface area contributed by atoms with E-state index in [1.807, 2.05) is 0 Å². The van der Waals surface area contributed by atoms with Gasteiger partial charge in [0.1, 0.15) is 17.2 Å². The average Bonchev–Trinajstić information content (AvgIpc) is 2.88. The second-order valence-corrected chi connectivity index (χ2v) is 9.75. The molecule has 0 aromatic carbocycles. The first kappa shape index (κ1) is 24.3. The SMILES string of the molecule is COc1ccc2nccc(NC(=O)[C@H]3CCC(NCc4nc5c(cc4F)SCC(=O)N5)[C@@H](O)C3)c2n1. The molecule has 1 aliphatic heterocycles. The molecule has 0 spiro atoms. The number of methoxy groups -OCH3 is 1. The van der Waals surface area contributed by atoms with Crippen molar-refractivity contribution in [3.05, 3.63) is 42.0 Å². The van der Waals surface area contributed by atoms with Crippen molar-refractivity contribution < 1.29 is 23.8 Å². The third kappa shape index (κ3) is 5.11. The lowest BCUT2D eigenvalue weighted by Crippen LogP contribution is -2.46. The zero-order chi connectivity index (χ0) is 25.2. The van der Waals surface area contributed by atoms with Gasteiger partial charge in [0.05, 0.1) is 40.8 Å². The number of halogens is 1. The maximum absolute atomic E-state index is 14.5. The van der Waals surface area contributed by atoms with E-state index in [2.05, 4.69) is 30.9 Å². The summed E-state index contributed by atoms with van der Waals surface area (Å²) < 4.78 is 19.7.